The normalized spacial score (nSPS) is 13.7. The standard InChI is InChI=1S/C15H19N5O2/c1-9-11(14(21)22)7-16-15(18-9)17-8-12-10-5-3-4-6-13(10)20(2)19-12/h7H,3-6,8H2,1-2H3,(H,21,22)(H,16,17,18). The molecule has 1 aliphatic rings. The lowest BCUT2D eigenvalue weighted by molar-refractivity contribution is 0.0695. The number of fused-ring (bicyclic) bond motifs is 1. The van der Waals surface area contributed by atoms with Crippen molar-refractivity contribution >= 4 is 11.9 Å². The molecule has 0 atom stereocenters. The van der Waals surface area contributed by atoms with Crippen LogP contribution in [-0.2, 0) is 26.4 Å². The van der Waals surface area contributed by atoms with Gasteiger partial charge in [0.2, 0.25) is 5.95 Å². The van der Waals surface area contributed by atoms with Crippen molar-refractivity contribution in [1.29, 1.82) is 0 Å². The van der Waals surface area contributed by atoms with Crippen molar-refractivity contribution in [2.75, 3.05) is 5.32 Å². The molecule has 22 heavy (non-hydrogen) atoms. The second-order valence-corrected chi connectivity index (χ2v) is 5.55. The Morgan fingerprint density at radius 2 is 2.18 bits per heavy atom. The average Bonchev–Trinajstić information content (AvgIpc) is 2.82. The Morgan fingerprint density at radius 1 is 1.41 bits per heavy atom. The van der Waals surface area contributed by atoms with Gasteiger partial charge in [-0.1, -0.05) is 0 Å². The van der Waals surface area contributed by atoms with Crippen LogP contribution in [0.1, 0.15) is 45.8 Å². The van der Waals surface area contributed by atoms with Gasteiger partial charge in [-0.05, 0) is 38.2 Å². The molecule has 2 aromatic heterocycles. The van der Waals surface area contributed by atoms with Crippen molar-refractivity contribution in [2.45, 2.75) is 39.2 Å². The van der Waals surface area contributed by atoms with Crippen molar-refractivity contribution in [2.24, 2.45) is 7.05 Å². The van der Waals surface area contributed by atoms with Crippen LogP contribution in [0.25, 0.3) is 0 Å². The summed E-state index contributed by atoms with van der Waals surface area (Å²) in [4.78, 5) is 19.2. The predicted molar refractivity (Wildman–Crippen MR) is 80.9 cm³/mol. The van der Waals surface area contributed by atoms with Crippen LogP contribution in [-0.4, -0.2) is 30.8 Å². The minimum atomic E-state index is -1.01. The number of aromatic carboxylic acids is 1. The second kappa shape index (κ2) is 5.75. The Bertz CT molecular complexity index is 723. The van der Waals surface area contributed by atoms with E-state index in [4.69, 9.17) is 5.11 Å². The van der Waals surface area contributed by atoms with Crippen molar-refractivity contribution in [1.82, 2.24) is 19.7 Å². The van der Waals surface area contributed by atoms with Gasteiger partial charge < -0.3 is 10.4 Å². The first-order valence-corrected chi connectivity index (χ1v) is 7.40. The largest absolute Gasteiger partial charge is 0.478 e. The number of carbonyl (C=O) groups is 1. The highest BCUT2D eigenvalue weighted by molar-refractivity contribution is 5.88. The number of nitrogens with one attached hydrogen (secondary N) is 1. The second-order valence-electron chi connectivity index (χ2n) is 5.55. The Morgan fingerprint density at radius 3 is 2.91 bits per heavy atom. The van der Waals surface area contributed by atoms with Crippen LogP contribution in [0.4, 0.5) is 5.95 Å². The summed E-state index contributed by atoms with van der Waals surface area (Å²) in [6, 6.07) is 0. The van der Waals surface area contributed by atoms with Crippen LogP contribution in [0, 0.1) is 6.92 Å². The van der Waals surface area contributed by atoms with Gasteiger partial charge in [0.15, 0.2) is 0 Å². The molecular formula is C15H19N5O2. The fourth-order valence-electron chi connectivity index (χ4n) is 2.93. The molecule has 0 spiro atoms. The van der Waals surface area contributed by atoms with Crippen LogP contribution in [0.5, 0.6) is 0 Å². The minimum absolute atomic E-state index is 0.126. The molecule has 0 fully saturated rings. The zero-order chi connectivity index (χ0) is 15.7. The number of aromatic nitrogens is 4. The highest BCUT2D eigenvalue weighted by atomic mass is 16.4. The van der Waals surface area contributed by atoms with E-state index in [1.807, 2.05) is 11.7 Å². The topological polar surface area (TPSA) is 92.9 Å². The highest BCUT2D eigenvalue weighted by Gasteiger charge is 2.19. The van der Waals surface area contributed by atoms with E-state index < -0.39 is 5.97 Å². The number of nitrogens with zero attached hydrogens (tertiary/aromatic N) is 4. The van der Waals surface area contributed by atoms with E-state index in [1.165, 1.54) is 30.3 Å². The lowest BCUT2D eigenvalue weighted by Gasteiger charge is -2.12. The third-order valence-electron chi connectivity index (χ3n) is 4.07. The van der Waals surface area contributed by atoms with E-state index in [0.29, 0.717) is 18.2 Å². The lowest BCUT2D eigenvalue weighted by atomic mass is 9.96. The number of carboxylic acids is 1. The highest BCUT2D eigenvalue weighted by Crippen LogP contribution is 2.24. The summed E-state index contributed by atoms with van der Waals surface area (Å²) in [5, 5.41) is 16.7. The van der Waals surface area contributed by atoms with Gasteiger partial charge in [0.05, 0.1) is 23.5 Å². The first kappa shape index (κ1) is 14.5. The van der Waals surface area contributed by atoms with Crippen molar-refractivity contribution in [3.8, 4) is 0 Å². The van der Waals surface area contributed by atoms with Crippen molar-refractivity contribution < 1.29 is 9.90 Å². The Balaban J connectivity index is 1.76. The zero-order valence-electron chi connectivity index (χ0n) is 12.8. The SMILES string of the molecule is Cc1nc(NCc2nn(C)c3c2CCCC3)ncc1C(=O)O. The molecule has 0 aliphatic heterocycles. The van der Waals surface area contributed by atoms with Crippen molar-refractivity contribution in [3.05, 3.63) is 34.4 Å². The first-order chi connectivity index (χ1) is 10.6. The van der Waals surface area contributed by atoms with Gasteiger partial charge in [-0.25, -0.2) is 14.8 Å². The maximum atomic E-state index is 11.0. The molecule has 0 saturated heterocycles. The van der Waals surface area contributed by atoms with Gasteiger partial charge in [0, 0.05) is 18.9 Å². The minimum Gasteiger partial charge on any atom is -0.478 e. The molecule has 0 bridgehead atoms. The Kier molecular flexibility index (Phi) is 3.79. The van der Waals surface area contributed by atoms with Crippen LogP contribution in [0.15, 0.2) is 6.20 Å². The number of rotatable bonds is 4. The molecule has 1 aliphatic carbocycles. The van der Waals surface area contributed by atoms with E-state index in [0.717, 1.165) is 18.5 Å². The van der Waals surface area contributed by atoms with Crippen LogP contribution < -0.4 is 5.32 Å². The number of hydrogen-bond donors (Lipinski definition) is 2. The summed E-state index contributed by atoms with van der Waals surface area (Å²) >= 11 is 0. The maximum Gasteiger partial charge on any atom is 0.339 e. The van der Waals surface area contributed by atoms with Gasteiger partial charge >= 0.3 is 5.97 Å². The number of hydrogen-bond acceptors (Lipinski definition) is 5. The van der Waals surface area contributed by atoms with Gasteiger partial charge in [-0.2, -0.15) is 5.10 Å². The third-order valence-corrected chi connectivity index (χ3v) is 4.07. The summed E-state index contributed by atoms with van der Waals surface area (Å²) < 4.78 is 1.96. The predicted octanol–water partition coefficient (Wildman–Crippen LogP) is 1.71. The van der Waals surface area contributed by atoms with Crippen LogP contribution in [0.2, 0.25) is 0 Å². The van der Waals surface area contributed by atoms with E-state index in [9.17, 15) is 4.79 Å². The smallest absolute Gasteiger partial charge is 0.339 e. The summed E-state index contributed by atoms with van der Waals surface area (Å²) in [6.45, 7) is 2.22. The molecule has 7 nitrogen and oxygen atoms in total. The monoisotopic (exact) mass is 301 g/mol. The molecule has 7 heteroatoms. The summed E-state index contributed by atoms with van der Waals surface area (Å²) in [5.41, 5.74) is 4.26. The molecule has 0 aromatic carbocycles. The van der Waals surface area contributed by atoms with Crippen molar-refractivity contribution in [3.63, 3.8) is 0 Å². The molecule has 2 N–H and O–H groups in total. The van der Waals surface area contributed by atoms with Gasteiger partial charge in [0.25, 0.3) is 0 Å². The molecular weight excluding hydrogens is 282 g/mol. The molecule has 0 radical (unpaired) electrons. The Hall–Kier alpha value is -2.44. The summed E-state index contributed by atoms with van der Waals surface area (Å²) in [7, 11) is 1.98. The molecule has 0 amide bonds. The molecule has 3 rings (SSSR count). The fourth-order valence-corrected chi connectivity index (χ4v) is 2.93. The maximum absolute atomic E-state index is 11.0. The average molecular weight is 301 g/mol. The summed E-state index contributed by atoms with van der Waals surface area (Å²) in [6.07, 6.45) is 5.91. The van der Waals surface area contributed by atoms with E-state index in [2.05, 4.69) is 20.4 Å². The lowest BCUT2D eigenvalue weighted by Crippen LogP contribution is -2.10. The van der Waals surface area contributed by atoms with Gasteiger partial charge in [0.1, 0.15) is 0 Å². The summed E-state index contributed by atoms with van der Waals surface area (Å²) in [5.74, 6) is -0.583. The number of anilines is 1. The van der Waals surface area contributed by atoms with Gasteiger partial charge in [-0.15, -0.1) is 0 Å². The quantitative estimate of drug-likeness (QED) is 0.893. The molecule has 116 valence electrons. The van der Waals surface area contributed by atoms with Crippen LogP contribution in [0.3, 0.4) is 0 Å². The van der Waals surface area contributed by atoms with E-state index in [-0.39, 0.29) is 5.56 Å². The van der Waals surface area contributed by atoms with Gasteiger partial charge in [-0.3, -0.25) is 4.68 Å². The number of carboxylic acid groups (broad SMARTS) is 1. The van der Waals surface area contributed by atoms with E-state index in [1.54, 1.807) is 6.92 Å². The van der Waals surface area contributed by atoms with E-state index >= 15 is 0 Å². The number of aryl methyl sites for hydroxylation is 2. The fraction of sp³-hybridized carbons (Fsp3) is 0.467. The molecule has 0 unspecified atom stereocenters. The molecule has 0 saturated carbocycles. The molecule has 2 heterocycles. The van der Waals surface area contributed by atoms with Crippen LogP contribution >= 0.6 is 0 Å². The zero-order valence-corrected chi connectivity index (χ0v) is 12.8. The third kappa shape index (κ3) is 2.66. The first-order valence-electron chi connectivity index (χ1n) is 7.40. The Labute approximate surface area is 128 Å². The molecule has 2 aromatic rings.